The minimum atomic E-state index is 0.642. The minimum Gasteiger partial charge on any atom is -0.335 e. The van der Waals surface area contributed by atoms with Gasteiger partial charge in [0.25, 0.3) is 0 Å². The molecule has 0 saturated heterocycles. The summed E-state index contributed by atoms with van der Waals surface area (Å²) in [5.74, 6) is 0. The lowest BCUT2D eigenvalue weighted by atomic mass is 10.0. The van der Waals surface area contributed by atoms with E-state index in [2.05, 4.69) is 47.1 Å². The Bertz CT molecular complexity index is 1070. The van der Waals surface area contributed by atoms with Crippen molar-refractivity contribution in [3.63, 3.8) is 0 Å². The first-order valence-corrected chi connectivity index (χ1v) is 9.34. The number of aromatic nitrogens is 1. The van der Waals surface area contributed by atoms with E-state index in [-0.39, 0.29) is 0 Å². The Balaban J connectivity index is 1.75. The number of nitrogens with zero attached hydrogens (tertiary/aromatic N) is 3. The van der Waals surface area contributed by atoms with Crippen molar-refractivity contribution in [1.82, 2.24) is 4.98 Å². The van der Waals surface area contributed by atoms with Crippen LogP contribution in [0, 0.1) is 11.3 Å². The van der Waals surface area contributed by atoms with Crippen molar-refractivity contribution < 1.29 is 0 Å². The molecule has 0 N–H and O–H groups in total. The predicted molar refractivity (Wildman–Crippen MR) is 109 cm³/mol. The van der Waals surface area contributed by atoms with Crippen LogP contribution in [0.25, 0.3) is 16.5 Å². The van der Waals surface area contributed by atoms with Crippen molar-refractivity contribution in [2.24, 2.45) is 0 Å². The Kier molecular flexibility index (Phi) is 4.47. The smallest absolute Gasteiger partial charge is 0.0998 e. The number of para-hydroxylation sites is 2. The summed E-state index contributed by atoms with van der Waals surface area (Å²) in [6, 6.07) is 20.6. The van der Waals surface area contributed by atoms with Crippen LogP contribution in [0.4, 0.5) is 5.69 Å². The van der Waals surface area contributed by atoms with E-state index in [1.165, 1.54) is 10.6 Å². The molecule has 0 atom stereocenters. The molecule has 3 nitrogen and oxygen atoms in total. The van der Waals surface area contributed by atoms with Gasteiger partial charge in [-0.15, -0.1) is 0 Å². The van der Waals surface area contributed by atoms with Gasteiger partial charge in [-0.2, -0.15) is 5.26 Å². The van der Waals surface area contributed by atoms with E-state index in [0.29, 0.717) is 5.57 Å². The molecule has 3 aromatic rings. The lowest BCUT2D eigenvalue weighted by Crippen LogP contribution is -2.16. The van der Waals surface area contributed by atoms with Crippen molar-refractivity contribution in [2.75, 3.05) is 11.4 Å². The Labute approximate surface area is 157 Å². The van der Waals surface area contributed by atoms with Crippen molar-refractivity contribution in [3.8, 4) is 6.07 Å². The molecule has 1 aliphatic heterocycles. The Hall–Kier alpha value is -3.03. The zero-order valence-corrected chi connectivity index (χ0v) is 15.2. The summed E-state index contributed by atoms with van der Waals surface area (Å²) >= 11 is 1.74. The van der Waals surface area contributed by atoms with Crippen LogP contribution in [0.2, 0.25) is 0 Å². The molecular formula is C22H17N3S. The molecule has 0 bridgehead atoms. The number of allylic oxidation sites excluding steroid dienone is 3. The van der Waals surface area contributed by atoms with Crippen LogP contribution in [0.15, 0.2) is 82.9 Å². The summed E-state index contributed by atoms with van der Waals surface area (Å²) in [6.07, 6.45) is 5.72. The van der Waals surface area contributed by atoms with Crippen LogP contribution < -0.4 is 4.90 Å². The van der Waals surface area contributed by atoms with Gasteiger partial charge in [-0.05, 0) is 43.3 Å². The van der Waals surface area contributed by atoms with Gasteiger partial charge in [0.2, 0.25) is 0 Å². The molecule has 2 aromatic carbocycles. The average molecular weight is 355 g/mol. The zero-order valence-electron chi connectivity index (χ0n) is 14.4. The summed E-state index contributed by atoms with van der Waals surface area (Å²) in [7, 11) is 0. The normalized spacial score (nSPS) is 15.3. The Morgan fingerprint density at radius 3 is 2.81 bits per heavy atom. The van der Waals surface area contributed by atoms with Gasteiger partial charge in [-0.3, -0.25) is 4.98 Å². The SMILES string of the molecule is CCN1C(=CC=C(C#N)c2ccnc3ccccc23)Sc2ccccc21. The number of pyridine rings is 1. The molecule has 0 saturated carbocycles. The van der Waals surface area contributed by atoms with Gasteiger partial charge in [0.1, 0.15) is 0 Å². The van der Waals surface area contributed by atoms with E-state index in [0.717, 1.165) is 28.0 Å². The fourth-order valence-electron chi connectivity index (χ4n) is 3.18. The second-order valence-corrected chi connectivity index (χ2v) is 6.95. The number of benzene rings is 2. The van der Waals surface area contributed by atoms with Crippen LogP contribution in [0.1, 0.15) is 12.5 Å². The van der Waals surface area contributed by atoms with Crippen molar-refractivity contribution in [3.05, 3.63) is 83.5 Å². The van der Waals surface area contributed by atoms with Gasteiger partial charge in [-0.25, -0.2) is 0 Å². The maximum atomic E-state index is 9.72. The lowest BCUT2D eigenvalue weighted by Gasteiger charge is -2.17. The number of rotatable bonds is 3. The van der Waals surface area contributed by atoms with Crippen LogP contribution in [-0.4, -0.2) is 11.5 Å². The third-order valence-electron chi connectivity index (χ3n) is 4.41. The fraction of sp³-hybridized carbons (Fsp3) is 0.0909. The third-order valence-corrected chi connectivity index (χ3v) is 5.54. The summed E-state index contributed by atoms with van der Waals surface area (Å²) < 4.78 is 0. The number of anilines is 1. The molecule has 126 valence electrons. The Morgan fingerprint density at radius 1 is 1.15 bits per heavy atom. The van der Waals surface area contributed by atoms with Gasteiger partial charge >= 0.3 is 0 Å². The first-order valence-electron chi connectivity index (χ1n) is 8.52. The highest BCUT2D eigenvalue weighted by Crippen LogP contribution is 2.45. The van der Waals surface area contributed by atoms with Crippen LogP contribution in [-0.2, 0) is 0 Å². The Morgan fingerprint density at radius 2 is 1.96 bits per heavy atom. The molecule has 0 unspecified atom stereocenters. The number of fused-ring (bicyclic) bond motifs is 2. The number of hydrogen-bond acceptors (Lipinski definition) is 4. The average Bonchev–Trinajstić information content (AvgIpc) is 3.06. The van der Waals surface area contributed by atoms with Gasteiger partial charge in [0.05, 0.1) is 27.9 Å². The van der Waals surface area contributed by atoms with Crippen LogP contribution in [0.5, 0.6) is 0 Å². The highest BCUT2D eigenvalue weighted by Gasteiger charge is 2.22. The van der Waals surface area contributed by atoms with Crippen molar-refractivity contribution in [2.45, 2.75) is 11.8 Å². The standard InChI is InChI=1S/C22H17N3S/c1-2-25-20-9-5-6-10-21(20)26-22(25)12-11-16(15-23)17-13-14-24-19-8-4-3-7-18(17)19/h3-14H,2H2,1H3. The van der Waals surface area contributed by atoms with E-state index in [1.807, 2.05) is 42.5 Å². The van der Waals surface area contributed by atoms with Crippen LogP contribution in [0.3, 0.4) is 0 Å². The summed E-state index contributed by atoms with van der Waals surface area (Å²) in [6.45, 7) is 3.03. The maximum absolute atomic E-state index is 9.72. The second-order valence-electron chi connectivity index (χ2n) is 5.89. The quantitative estimate of drug-likeness (QED) is 0.572. The van der Waals surface area contributed by atoms with E-state index in [1.54, 1.807) is 18.0 Å². The molecule has 1 aliphatic rings. The number of hydrogen-bond donors (Lipinski definition) is 0. The second kappa shape index (κ2) is 7.07. The fourth-order valence-corrected chi connectivity index (χ4v) is 4.30. The summed E-state index contributed by atoms with van der Waals surface area (Å²) in [5, 5.41) is 11.9. The molecule has 0 aliphatic carbocycles. The highest BCUT2D eigenvalue weighted by molar-refractivity contribution is 8.03. The van der Waals surface area contributed by atoms with Gasteiger partial charge in [-0.1, -0.05) is 42.1 Å². The topological polar surface area (TPSA) is 39.9 Å². The predicted octanol–water partition coefficient (Wildman–Crippen LogP) is 5.62. The van der Waals surface area contributed by atoms with E-state index < -0.39 is 0 Å². The third kappa shape index (κ3) is 2.87. The minimum absolute atomic E-state index is 0.642. The molecule has 4 heteroatoms. The van der Waals surface area contributed by atoms with E-state index in [9.17, 15) is 5.26 Å². The first-order chi connectivity index (χ1) is 12.8. The molecule has 0 spiro atoms. The number of nitriles is 1. The van der Waals surface area contributed by atoms with Crippen molar-refractivity contribution >= 4 is 33.9 Å². The summed E-state index contributed by atoms with van der Waals surface area (Å²) in [4.78, 5) is 7.91. The summed E-state index contributed by atoms with van der Waals surface area (Å²) in [5.41, 5.74) is 3.69. The molecule has 2 heterocycles. The number of thioether (sulfide) groups is 1. The maximum Gasteiger partial charge on any atom is 0.0998 e. The molecular weight excluding hydrogens is 338 g/mol. The zero-order chi connectivity index (χ0) is 17.9. The van der Waals surface area contributed by atoms with E-state index in [4.69, 9.17) is 0 Å². The van der Waals surface area contributed by atoms with Crippen LogP contribution >= 0.6 is 11.8 Å². The largest absolute Gasteiger partial charge is 0.335 e. The molecule has 1 aromatic heterocycles. The molecule has 4 rings (SSSR count). The molecule has 0 amide bonds. The molecule has 0 radical (unpaired) electrons. The first kappa shape index (κ1) is 16.4. The molecule has 26 heavy (non-hydrogen) atoms. The van der Waals surface area contributed by atoms with Crippen molar-refractivity contribution in [1.29, 1.82) is 5.26 Å². The van der Waals surface area contributed by atoms with Gasteiger partial charge in [0.15, 0.2) is 0 Å². The monoisotopic (exact) mass is 355 g/mol. The lowest BCUT2D eigenvalue weighted by molar-refractivity contribution is 1.00. The highest BCUT2D eigenvalue weighted by atomic mass is 32.2. The van der Waals surface area contributed by atoms with Gasteiger partial charge < -0.3 is 4.90 Å². The van der Waals surface area contributed by atoms with E-state index >= 15 is 0 Å². The molecule has 0 fully saturated rings. The van der Waals surface area contributed by atoms with Gasteiger partial charge in [0, 0.05) is 28.6 Å².